The third-order valence-corrected chi connectivity index (χ3v) is 5.43. The van der Waals surface area contributed by atoms with Crippen LogP contribution in [0.5, 0.6) is 11.5 Å². The molecule has 0 unspecified atom stereocenters. The molecule has 6 nitrogen and oxygen atoms in total. The summed E-state index contributed by atoms with van der Waals surface area (Å²) in [7, 11) is 3.17. The summed E-state index contributed by atoms with van der Waals surface area (Å²) in [6.45, 7) is 0.991. The van der Waals surface area contributed by atoms with Gasteiger partial charge < -0.3 is 19.4 Å². The Morgan fingerprint density at radius 3 is 2.53 bits per heavy atom. The third kappa shape index (κ3) is 3.68. The van der Waals surface area contributed by atoms with Crippen LogP contribution in [0.1, 0.15) is 28.0 Å². The summed E-state index contributed by atoms with van der Waals surface area (Å²) in [5, 5.41) is 3.01. The second-order valence-electron chi connectivity index (χ2n) is 7.21. The van der Waals surface area contributed by atoms with Crippen molar-refractivity contribution in [3.8, 4) is 22.6 Å². The van der Waals surface area contributed by atoms with Gasteiger partial charge >= 0.3 is 0 Å². The number of benzene rings is 2. The van der Waals surface area contributed by atoms with Crippen LogP contribution in [0.15, 0.2) is 59.4 Å². The van der Waals surface area contributed by atoms with Crippen molar-refractivity contribution >= 4 is 5.91 Å². The van der Waals surface area contributed by atoms with Crippen LogP contribution in [0.4, 0.5) is 0 Å². The number of amides is 1. The predicted octanol–water partition coefficient (Wildman–Crippen LogP) is 3.41. The molecular weight excluding hydrogens is 380 g/mol. The lowest BCUT2D eigenvalue weighted by Crippen LogP contribution is -2.29. The number of nitrogens with zero attached hydrogens (tertiary/aromatic N) is 1. The van der Waals surface area contributed by atoms with Gasteiger partial charge in [-0.2, -0.15) is 0 Å². The van der Waals surface area contributed by atoms with Gasteiger partial charge in [0.05, 0.1) is 19.8 Å². The Hall–Kier alpha value is -3.54. The summed E-state index contributed by atoms with van der Waals surface area (Å²) in [5.41, 5.74) is 3.77. The van der Waals surface area contributed by atoms with Gasteiger partial charge in [-0.15, -0.1) is 0 Å². The molecule has 3 aromatic rings. The Morgan fingerprint density at radius 1 is 1.03 bits per heavy atom. The van der Waals surface area contributed by atoms with Crippen molar-refractivity contribution < 1.29 is 14.3 Å². The van der Waals surface area contributed by atoms with Gasteiger partial charge in [0.15, 0.2) is 11.5 Å². The first kappa shape index (κ1) is 19.8. The van der Waals surface area contributed by atoms with Crippen molar-refractivity contribution in [2.24, 2.45) is 0 Å². The van der Waals surface area contributed by atoms with E-state index < -0.39 is 0 Å². The number of methoxy groups -OCH3 is 2. The maximum absolute atomic E-state index is 13.3. The highest BCUT2D eigenvalue weighted by Crippen LogP contribution is 2.29. The zero-order valence-electron chi connectivity index (χ0n) is 17.1. The number of aromatic nitrogens is 1. The van der Waals surface area contributed by atoms with Gasteiger partial charge in [0, 0.05) is 30.4 Å². The quantitative estimate of drug-likeness (QED) is 0.684. The number of nitrogens with one attached hydrogen (secondary N) is 1. The first-order valence-electron chi connectivity index (χ1n) is 9.93. The molecule has 0 bridgehead atoms. The van der Waals surface area contributed by atoms with Gasteiger partial charge in [-0.1, -0.05) is 36.4 Å². The van der Waals surface area contributed by atoms with E-state index in [0.717, 1.165) is 29.7 Å². The molecule has 1 N–H and O–H groups in total. The van der Waals surface area contributed by atoms with Gasteiger partial charge in [-0.3, -0.25) is 9.59 Å². The number of carbonyl (C=O) groups is 1. The van der Waals surface area contributed by atoms with Gasteiger partial charge in [-0.25, -0.2) is 0 Å². The lowest BCUT2D eigenvalue weighted by molar-refractivity contribution is 0.0950. The van der Waals surface area contributed by atoms with Crippen LogP contribution in [0, 0.1) is 0 Å². The molecule has 2 heterocycles. The Kier molecular flexibility index (Phi) is 5.57. The number of carbonyl (C=O) groups excluding carboxylic acids is 1. The summed E-state index contributed by atoms with van der Waals surface area (Å²) in [6.07, 6.45) is 1.58. The van der Waals surface area contributed by atoms with E-state index in [-0.39, 0.29) is 11.5 Å². The number of pyridine rings is 1. The zero-order valence-corrected chi connectivity index (χ0v) is 17.1. The van der Waals surface area contributed by atoms with Crippen LogP contribution >= 0.6 is 0 Å². The van der Waals surface area contributed by atoms with Gasteiger partial charge in [-0.05, 0) is 36.1 Å². The largest absolute Gasteiger partial charge is 0.493 e. The highest BCUT2D eigenvalue weighted by molar-refractivity contribution is 6.02. The first-order valence-corrected chi connectivity index (χ1v) is 9.93. The van der Waals surface area contributed by atoms with E-state index in [1.54, 1.807) is 24.9 Å². The van der Waals surface area contributed by atoms with E-state index in [0.29, 0.717) is 35.7 Å². The molecule has 30 heavy (non-hydrogen) atoms. The average Bonchev–Trinajstić information content (AvgIpc) is 3.28. The van der Waals surface area contributed by atoms with E-state index in [1.807, 2.05) is 48.5 Å². The highest BCUT2D eigenvalue weighted by Gasteiger charge is 2.25. The van der Waals surface area contributed by atoms with Crippen LogP contribution in [0.25, 0.3) is 11.1 Å². The molecule has 0 fully saturated rings. The highest BCUT2D eigenvalue weighted by atomic mass is 16.5. The van der Waals surface area contributed by atoms with Crippen LogP contribution in [-0.4, -0.2) is 24.7 Å². The molecule has 4 rings (SSSR count). The Bertz CT molecular complexity index is 1140. The topological polar surface area (TPSA) is 69.6 Å². The average molecular weight is 404 g/mol. The Labute approximate surface area is 175 Å². The molecule has 0 aliphatic carbocycles. The molecule has 0 saturated heterocycles. The normalized spacial score (nSPS) is 12.3. The summed E-state index contributed by atoms with van der Waals surface area (Å²) in [4.78, 5) is 25.9. The number of rotatable bonds is 6. The Balaban J connectivity index is 1.67. The second-order valence-corrected chi connectivity index (χ2v) is 7.21. The Morgan fingerprint density at radius 2 is 1.80 bits per heavy atom. The number of hydrogen-bond donors (Lipinski definition) is 1. The van der Waals surface area contributed by atoms with Gasteiger partial charge in [0.1, 0.15) is 0 Å². The van der Waals surface area contributed by atoms with Crippen LogP contribution in [0.3, 0.4) is 0 Å². The summed E-state index contributed by atoms with van der Waals surface area (Å²) >= 11 is 0. The van der Waals surface area contributed by atoms with Crippen LogP contribution in [-0.2, 0) is 19.5 Å². The standard InChI is InChI=1S/C24H24N2O4/c1-29-20-11-10-16(13-21(20)30-2)15-25-24(28)23-18(17-7-4-3-5-8-17)14-22(27)26-12-6-9-19(23)26/h3-5,7-8,10-11,13-14H,6,9,12,15H2,1-2H3,(H,25,28). The maximum atomic E-state index is 13.3. The fourth-order valence-corrected chi connectivity index (χ4v) is 3.97. The SMILES string of the molecule is COc1ccc(CNC(=O)c2c(-c3ccccc3)cc(=O)n3c2CCC3)cc1OC. The van der Waals surface area contributed by atoms with Crippen LogP contribution < -0.4 is 20.3 Å². The monoisotopic (exact) mass is 404 g/mol. The lowest BCUT2D eigenvalue weighted by Gasteiger charge is -2.16. The van der Waals surface area contributed by atoms with Crippen molar-refractivity contribution in [2.45, 2.75) is 25.9 Å². The fourth-order valence-electron chi connectivity index (χ4n) is 3.97. The van der Waals surface area contributed by atoms with E-state index in [2.05, 4.69) is 5.32 Å². The zero-order chi connectivity index (χ0) is 21.1. The molecule has 1 amide bonds. The smallest absolute Gasteiger partial charge is 0.253 e. The van der Waals surface area contributed by atoms with Gasteiger partial charge in [0.25, 0.3) is 11.5 Å². The van der Waals surface area contributed by atoms with Crippen molar-refractivity contribution in [3.05, 3.63) is 81.8 Å². The summed E-state index contributed by atoms with van der Waals surface area (Å²) in [6, 6.07) is 16.7. The molecule has 1 aliphatic heterocycles. The predicted molar refractivity (Wildman–Crippen MR) is 115 cm³/mol. The molecule has 6 heteroatoms. The fraction of sp³-hybridized carbons (Fsp3) is 0.250. The third-order valence-electron chi connectivity index (χ3n) is 5.43. The molecule has 1 aromatic heterocycles. The molecule has 2 aromatic carbocycles. The summed E-state index contributed by atoms with van der Waals surface area (Å²) in [5.74, 6) is 1.06. The summed E-state index contributed by atoms with van der Waals surface area (Å²) < 4.78 is 12.3. The minimum atomic E-state index is -0.186. The van der Waals surface area contributed by atoms with Crippen molar-refractivity contribution in [2.75, 3.05) is 14.2 Å². The lowest BCUT2D eigenvalue weighted by atomic mass is 9.97. The van der Waals surface area contributed by atoms with Crippen LogP contribution in [0.2, 0.25) is 0 Å². The number of fused-ring (bicyclic) bond motifs is 1. The molecule has 154 valence electrons. The van der Waals surface area contributed by atoms with Crippen molar-refractivity contribution in [3.63, 3.8) is 0 Å². The second kappa shape index (κ2) is 8.45. The van der Waals surface area contributed by atoms with E-state index in [4.69, 9.17) is 9.47 Å². The number of ether oxygens (including phenoxy) is 2. The molecule has 0 atom stereocenters. The minimum absolute atomic E-state index is 0.0576. The maximum Gasteiger partial charge on any atom is 0.253 e. The van der Waals surface area contributed by atoms with Crippen molar-refractivity contribution in [1.82, 2.24) is 9.88 Å². The number of hydrogen-bond acceptors (Lipinski definition) is 4. The van der Waals surface area contributed by atoms with E-state index in [9.17, 15) is 9.59 Å². The first-order chi connectivity index (χ1) is 14.6. The van der Waals surface area contributed by atoms with Crippen molar-refractivity contribution in [1.29, 1.82) is 0 Å². The molecule has 1 aliphatic rings. The van der Waals surface area contributed by atoms with Gasteiger partial charge in [0.2, 0.25) is 0 Å². The van der Waals surface area contributed by atoms with E-state index >= 15 is 0 Å². The molecule has 0 radical (unpaired) electrons. The molecule has 0 saturated carbocycles. The minimum Gasteiger partial charge on any atom is -0.493 e. The molecule has 0 spiro atoms. The van der Waals surface area contributed by atoms with E-state index in [1.165, 1.54) is 0 Å². The molecular formula is C24H24N2O4.